The summed E-state index contributed by atoms with van der Waals surface area (Å²) in [5.74, 6) is 2.18. The van der Waals surface area contributed by atoms with E-state index in [1.54, 1.807) is 11.3 Å². The molecule has 2 rings (SSSR count). The lowest BCUT2D eigenvalue weighted by Gasteiger charge is -2.14. The molecule has 19 heavy (non-hydrogen) atoms. The number of aromatic nitrogens is 2. The van der Waals surface area contributed by atoms with Crippen molar-refractivity contribution in [3.8, 4) is 11.4 Å². The molecular formula is C14H18IN3S. The van der Waals surface area contributed by atoms with Gasteiger partial charge in [-0.05, 0) is 46.4 Å². The highest BCUT2D eigenvalue weighted by atomic mass is 127. The van der Waals surface area contributed by atoms with Crippen LogP contribution in [0.2, 0.25) is 0 Å². The summed E-state index contributed by atoms with van der Waals surface area (Å²) in [6.07, 6.45) is 1.09. The third-order valence-electron chi connectivity index (χ3n) is 2.75. The maximum absolute atomic E-state index is 4.73. The topological polar surface area (TPSA) is 37.8 Å². The van der Waals surface area contributed by atoms with Crippen molar-refractivity contribution >= 4 is 39.7 Å². The van der Waals surface area contributed by atoms with Crippen molar-refractivity contribution in [3.63, 3.8) is 0 Å². The molecule has 102 valence electrons. The van der Waals surface area contributed by atoms with Crippen LogP contribution in [0, 0.1) is 3.57 Å². The van der Waals surface area contributed by atoms with Gasteiger partial charge in [-0.1, -0.05) is 20.8 Å². The monoisotopic (exact) mass is 387 g/mol. The fourth-order valence-electron chi connectivity index (χ4n) is 1.73. The first-order valence-electron chi connectivity index (χ1n) is 6.47. The molecule has 0 bridgehead atoms. The minimum atomic E-state index is 0.398. The highest BCUT2D eigenvalue weighted by molar-refractivity contribution is 14.1. The lowest BCUT2D eigenvalue weighted by molar-refractivity contribution is 0.807. The first kappa shape index (κ1) is 14.7. The van der Waals surface area contributed by atoms with Gasteiger partial charge < -0.3 is 5.32 Å². The van der Waals surface area contributed by atoms with Crippen molar-refractivity contribution in [3.05, 3.63) is 26.1 Å². The van der Waals surface area contributed by atoms with Gasteiger partial charge in [-0.2, -0.15) is 11.3 Å². The molecule has 0 fully saturated rings. The zero-order valence-electron chi connectivity index (χ0n) is 11.4. The molecule has 0 aromatic carbocycles. The lowest BCUT2D eigenvalue weighted by atomic mass is 10.1. The molecule has 3 nitrogen and oxygen atoms in total. The number of nitrogens with one attached hydrogen (secondary N) is 1. The Morgan fingerprint density at radius 3 is 2.74 bits per heavy atom. The third kappa shape index (κ3) is 3.45. The van der Waals surface area contributed by atoms with Crippen LogP contribution >= 0.6 is 33.9 Å². The predicted molar refractivity (Wildman–Crippen MR) is 90.9 cm³/mol. The van der Waals surface area contributed by atoms with E-state index >= 15 is 0 Å². The SMILES string of the molecule is CCCNc1nc(-c2ccsc2)nc(C(C)C)c1I. The maximum Gasteiger partial charge on any atom is 0.162 e. The number of anilines is 1. The Kier molecular flexibility index (Phi) is 5.15. The summed E-state index contributed by atoms with van der Waals surface area (Å²) < 4.78 is 1.14. The Hall–Kier alpha value is -0.690. The molecule has 2 aromatic rings. The van der Waals surface area contributed by atoms with Crippen LogP contribution in [0.3, 0.4) is 0 Å². The number of nitrogens with zero attached hydrogens (tertiary/aromatic N) is 2. The van der Waals surface area contributed by atoms with Gasteiger partial charge in [0.2, 0.25) is 0 Å². The van der Waals surface area contributed by atoms with Crippen LogP contribution in [0.15, 0.2) is 16.8 Å². The van der Waals surface area contributed by atoms with Gasteiger partial charge in [0.05, 0.1) is 9.26 Å². The Morgan fingerprint density at radius 2 is 2.16 bits per heavy atom. The van der Waals surface area contributed by atoms with E-state index in [1.165, 1.54) is 0 Å². The molecule has 1 N–H and O–H groups in total. The molecule has 2 heterocycles. The fourth-order valence-corrected chi connectivity index (χ4v) is 3.42. The van der Waals surface area contributed by atoms with Crippen LogP contribution in [-0.2, 0) is 0 Å². The highest BCUT2D eigenvalue weighted by Gasteiger charge is 2.15. The Bertz CT molecular complexity index is 538. The first-order chi connectivity index (χ1) is 9.13. The van der Waals surface area contributed by atoms with E-state index in [-0.39, 0.29) is 0 Å². The van der Waals surface area contributed by atoms with Gasteiger partial charge in [-0.3, -0.25) is 0 Å². The summed E-state index contributed by atoms with van der Waals surface area (Å²) >= 11 is 4.02. The molecule has 0 amide bonds. The number of hydrogen-bond donors (Lipinski definition) is 1. The average molecular weight is 387 g/mol. The van der Waals surface area contributed by atoms with E-state index < -0.39 is 0 Å². The summed E-state index contributed by atoms with van der Waals surface area (Å²) in [5, 5.41) is 7.56. The molecular weight excluding hydrogens is 369 g/mol. The number of halogens is 1. The van der Waals surface area contributed by atoms with Crippen LogP contribution in [-0.4, -0.2) is 16.5 Å². The van der Waals surface area contributed by atoms with Gasteiger partial charge in [0, 0.05) is 17.5 Å². The second kappa shape index (κ2) is 6.65. The molecule has 0 saturated heterocycles. The Balaban J connectivity index is 2.47. The molecule has 5 heteroatoms. The van der Waals surface area contributed by atoms with E-state index in [0.29, 0.717) is 5.92 Å². The van der Waals surface area contributed by atoms with Crippen LogP contribution in [0.5, 0.6) is 0 Å². The summed E-state index contributed by atoms with van der Waals surface area (Å²) in [5.41, 5.74) is 2.22. The van der Waals surface area contributed by atoms with Gasteiger partial charge in [0.1, 0.15) is 5.82 Å². The van der Waals surface area contributed by atoms with Crippen molar-refractivity contribution < 1.29 is 0 Å². The largest absolute Gasteiger partial charge is 0.369 e. The molecule has 0 spiro atoms. The molecule has 0 atom stereocenters. The summed E-state index contributed by atoms with van der Waals surface area (Å²) in [7, 11) is 0. The summed E-state index contributed by atoms with van der Waals surface area (Å²) in [6.45, 7) is 7.44. The zero-order chi connectivity index (χ0) is 13.8. The summed E-state index contributed by atoms with van der Waals surface area (Å²) in [6, 6.07) is 2.07. The molecule has 2 aromatic heterocycles. The molecule has 0 saturated carbocycles. The third-order valence-corrected chi connectivity index (χ3v) is 4.49. The summed E-state index contributed by atoms with van der Waals surface area (Å²) in [4.78, 5) is 9.40. The number of thiophene rings is 1. The van der Waals surface area contributed by atoms with Crippen molar-refractivity contribution in [2.45, 2.75) is 33.1 Å². The normalized spacial score (nSPS) is 11.0. The van der Waals surface area contributed by atoms with E-state index in [0.717, 1.165) is 39.4 Å². The fraction of sp³-hybridized carbons (Fsp3) is 0.429. The second-order valence-electron chi connectivity index (χ2n) is 4.69. The van der Waals surface area contributed by atoms with Crippen molar-refractivity contribution in [1.29, 1.82) is 0 Å². The van der Waals surface area contributed by atoms with Crippen molar-refractivity contribution in [1.82, 2.24) is 9.97 Å². The first-order valence-corrected chi connectivity index (χ1v) is 8.49. The molecule has 0 aliphatic heterocycles. The van der Waals surface area contributed by atoms with E-state index in [1.807, 2.05) is 0 Å². The second-order valence-corrected chi connectivity index (χ2v) is 6.55. The quantitative estimate of drug-likeness (QED) is 0.753. The molecule has 0 aliphatic carbocycles. The minimum absolute atomic E-state index is 0.398. The van der Waals surface area contributed by atoms with Crippen LogP contribution in [0.4, 0.5) is 5.82 Å². The van der Waals surface area contributed by atoms with Gasteiger partial charge in [-0.15, -0.1) is 0 Å². The smallest absolute Gasteiger partial charge is 0.162 e. The van der Waals surface area contributed by atoms with Crippen molar-refractivity contribution in [2.75, 3.05) is 11.9 Å². The highest BCUT2D eigenvalue weighted by Crippen LogP contribution is 2.29. The van der Waals surface area contributed by atoms with Gasteiger partial charge in [0.15, 0.2) is 5.82 Å². The Morgan fingerprint density at radius 1 is 1.37 bits per heavy atom. The van der Waals surface area contributed by atoms with Gasteiger partial charge >= 0.3 is 0 Å². The van der Waals surface area contributed by atoms with Crippen LogP contribution in [0.1, 0.15) is 38.8 Å². The average Bonchev–Trinajstić information content (AvgIpc) is 2.91. The number of rotatable bonds is 5. The van der Waals surface area contributed by atoms with Gasteiger partial charge in [0.25, 0.3) is 0 Å². The van der Waals surface area contributed by atoms with Crippen LogP contribution < -0.4 is 5.32 Å². The van der Waals surface area contributed by atoms with Gasteiger partial charge in [-0.25, -0.2) is 9.97 Å². The standard InChI is InChI=1S/C14H18IN3S/c1-4-6-16-14-11(15)12(9(2)3)17-13(18-14)10-5-7-19-8-10/h5,7-9H,4,6H2,1-3H3,(H,16,17,18). The Labute approximate surface area is 132 Å². The maximum atomic E-state index is 4.73. The molecule has 0 unspecified atom stereocenters. The van der Waals surface area contributed by atoms with E-state index in [4.69, 9.17) is 4.98 Å². The molecule has 0 aliphatic rings. The molecule has 0 radical (unpaired) electrons. The zero-order valence-corrected chi connectivity index (χ0v) is 14.4. The van der Waals surface area contributed by atoms with Crippen molar-refractivity contribution in [2.24, 2.45) is 0 Å². The predicted octanol–water partition coefficient (Wildman–Crippen LogP) is 4.76. The number of hydrogen-bond acceptors (Lipinski definition) is 4. The van der Waals surface area contributed by atoms with E-state index in [9.17, 15) is 0 Å². The van der Waals surface area contributed by atoms with E-state index in [2.05, 4.69) is 70.5 Å². The van der Waals surface area contributed by atoms with Crippen LogP contribution in [0.25, 0.3) is 11.4 Å². The minimum Gasteiger partial charge on any atom is -0.369 e. The lowest BCUT2D eigenvalue weighted by Crippen LogP contribution is -2.09.